The third-order valence-corrected chi connectivity index (χ3v) is 5.18. The van der Waals surface area contributed by atoms with Crippen molar-refractivity contribution < 1.29 is 13.5 Å². The first-order valence-electron chi connectivity index (χ1n) is 4.71. The van der Waals surface area contributed by atoms with E-state index in [-0.39, 0.29) is 16.9 Å². The van der Waals surface area contributed by atoms with Gasteiger partial charge in [-0.3, -0.25) is 0 Å². The van der Waals surface area contributed by atoms with Crippen molar-refractivity contribution in [3.8, 4) is 0 Å². The zero-order valence-corrected chi connectivity index (χ0v) is 10.4. The Labute approximate surface area is 94.0 Å². The van der Waals surface area contributed by atoms with Crippen LogP contribution in [-0.4, -0.2) is 19.6 Å². The van der Waals surface area contributed by atoms with Gasteiger partial charge < -0.3 is 5.11 Å². The third kappa shape index (κ3) is 3.27. The van der Waals surface area contributed by atoms with Crippen molar-refractivity contribution in [3.05, 3.63) is 17.0 Å². The first-order chi connectivity index (χ1) is 6.99. The van der Waals surface area contributed by atoms with Crippen LogP contribution in [0.1, 0.15) is 25.1 Å². The number of thiophene rings is 1. The maximum Gasteiger partial charge on any atom is 0.250 e. The number of sulfonamides is 1. The quantitative estimate of drug-likeness (QED) is 0.827. The molecule has 0 bridgehead atoms. The second-order valence-electron chi connectivity index (χ2n) is 3.31. The normalized spacial score (nSPS) is 14.1. The summed E-state index contributed by atoms with van der Waals surface area (Å²) in [5.74, 6) is 0. The highest BCUT2D eigenvalue weighted by atomic mass is 32.2. The number of aliphatic hydroxyl groups excluding tert-OH is 1. The first kappa shape index (κ1) is 12.6. The van der Waals surface area contributed by atoms with Crippen molar-refractivity contribution in [3.63, 3.8) is 0 Å². The molecular formula is C9H15NO3S2. The van der Waals surface area contributed by atoms with Gasteiger partial charge in [-0.2, -0.15) is 0 Å². The van der Waals surface area contributed by atoms with E-state index in [0.29, 0.717) is 4.88 Å². The molecule has 15 heavy (non-hydrogen) atoms. The van der Waals surface area contributed by atoms with Crippen LogP contribution in [0.3, 0.4) is 0 Å². The molecule has 1 heterocycles. The van der Waals surface area contributed by atoms with E-state index in [9.17, 15) is 8.42 Å². The monoisotopic (exact) mass is 249 g/mol. The summed E-state index contributed by atoms with van der Waals surface area (Å²) in [5.41, 5.74) is 0. The second kappa shape index (κ2) is 5.07. The van der Waals surface area contributed by atoms with Gasteiger partial charge in [0.1, 0.15) is 4.21 Å². The highest BCUT2D eigenvalue weighted by Crippen LogP contribution is 2.21. The van der Waals surface area contributed by atoms with Crippen molar-refractivity contribution in [2.24, 2.45) is 0 Å². The molecule has 1 aromatic rings. The summed E-state index contributed by atoms with van der Waals surface area (Å²) in [6.45, 7) is 3.61. The lowest BCUT2D eigenvalue weighted by Gasteiger charge is -2.10. The lowest BCUT2D eigenvalue weighted by atomic mass is 10.3. The molecule has 4 nitrogen and oxygen atoms in total. The van der Waals surface area contributed by atoms with Gasteiger partial charge in [-0.25, -0.2) is 13.1 Å². The molecule has 2 N–H and O–H groups in total. The van der Waals surface area contributed by atoms with Crippen LogP contribution in [-0.2, 0) is 16.6 Å². The molecule has 6 heteroatoms. The molecule has 0 aliphatic heterocycles. The van der Waals surface area contributed by atoms with Crippen LogP contribution >= 0.6 is 11.3 Å². The Hall–Kier alpha value is -0.430. The number of nitrogens with one attached hydrogen (secondary N) is 1. The van der Waals surface area contributed by atoms with Crippen LogP contribution in [0.5, 0.6) is 0 Å². The molecule has 86 valence electrons. The average Bonchev–Trinajstić information content (AvgIpc) is 2.65. The molecule has 0 amide bonds. The SMILES string of the molecule is CCC(C)NS(=O)(=O)c1ccc(CO)s1. The fourth-order valence-electron chi connectivity index (χ4n) is 0.994. The Morgan fingerprint density at radius 2 is 2.20 bits per heavy atom. The van der Waals surface area contributed by atoms with Gasteiger partial charge in [0.05, 0.1) is 6.61 Å². The number of hydrogen-bond donors (Lipinski definition) is 2. The first-order valence-corrected chi connectivity index (χ1v) is 7.01. The maximum absolute atomic E-state index is 11.7. The smallest absolute Gasteiger partial charge is 0.250 e. The summed E-state index contributed by atoms with van der Waals surface area (Å²) in [6, 6.07) is 3.06. The van der Waals surface area contributed by atoms with Crippen LogP contribution in [0.25, 0.3) is 0 Å². The minimum atomic E-state index is -3.40. The molecule has 0 fully saturated rings. The van der Waals surface area contributed by atoms with Crippen LogP contribution in [0.15, 0.2) is 16.3 Å². The minimum absolute atomic E-state index is 0.0744. The van der Waals surface area contributed by atoms with Gasteiger partial charge in [-0.1, -0.05) is 6.92 Å². The summed E-state index contributed by atoms with van der Waals surface area (Å²) in [7, 11) is -3.40. The van der Waals surface area contributed by atoms with E-state index in [0.717, 1.165) is 17.8 Å². The fraction of sp³-hybridized carbons (Fsp3) is 0.556. The standard InChI is InChI=1S/C9H15NO3S2/c1-3-7(2)10-15(12,13)9-5-4-8(6-11)14-9/h4-5,7,10-11H,3,6H2,1-2H3. The molecule has 0 aliphatic rings. The van der Waals surface area contributed by atoms with E-state index in [1.165, 1.54) is 6.07 Å². The van der Waals surface area contributed by atoms with Gasteiger partial charge in [-0.05, 0) is 25.5 Å². The highest BCUT2D eigenvalue weighted by molar-refractivity contribution is 7.91. The molecule has 0 saturated carbocycles. The molecule has 1 atom stereocenters. The summed E-state index contributed by atoms with van der Waals surface area (Å²) < 4.78 is 26.3. The average molecular weight is 249 g/mol. The van der Waals surface area contributed by atoms with E-state index < -0.39 is 10.0 Å². The summed E-state index contributed by atoms with van der Waals surface area (Å²) >= 11 is 1.09. The molecule has 1 unspecified atom stereocenters. The Kier molecular flexibility index (Phi) is 4.27. The van der Waals surface area contributed by atoms with Gasteiger partial charge >= 0.3 is 0 Å². The van der Waals surface area contributed by atoms with E-state index in [1.807, 2.05) is 13.8 Å². The molecule has 0 radical (unpaired) electrons. The molecule has 1 aromatic heterocycles. The fourth-order valence-corrected chi connectivity index (χ4v) is 3.55. The van der Waals surface area contributed by atoms with E-state index in [2.05, 4.69) is 4.72 Å². The largest absolute Gasteiger partial charge is 0.391 e. The lowest BCUT2D eigenvalue weighted by molar-refractivity contribution is 0.285. The Bertz CT molecular complexity index is 411. The third-order valence-electron chi connectivity index (χ3n) is 2.03. The Morgan fingerprint density at radius 3 is 2.67 bits per heavy atom. The van der Waals surface area contributed by atoms with E-state index in [1.54, 1.807) is 6.07 Å². The van der Waals surface area contributed by atoms with Crippen molar-refractivity contribution in [1.29, 1.82) is 0 Å². The van der Waals surface area contributed by atoms with Gasteiger partial charge in [0.15, 0.2) is 0 Å². The zero-order chi connectivity index (χ0) is 11.5. The Balaban J connectivity index is 2.86. The zero-order valence-electron chi connectivity index (χ0n) is 8.73. The van der Waals surface area contributed by atoms with Crippen molar-refractivity contribution in [1.82, 2.24) is 4.72 Å². The van der Waals surface area contributed by atoms with Gasteiger partial charge in [0.25, 0.3) is 0 Å². The second-order valence-corrected chi connectivity index (χ2v) is 6.42. The predicted octanol–water partition coefficient (Wildman–Crippen LogP) is 1.32. The Morgan fingerprint density at radius 1 is 1.53 bits per heavy atom. The van der Waals surface area contributed by atoms with Crippen LogP contribution in [0, 0.1) is 0 Å². The highest BCUT2D eigenvalue weighted by Gasteiger charge is 2.18. The number of hydrogen-bond acceptors (Lipinski definition) is 4. The van der Waals surface area contributed by atoms with Gasteiger partial charge in [0.2, 0.25) is 10.0 Å². The van der Waals surface area contributed by atoms with Gasteiger partial charge in [0, 0.05) is 10.9 Å². The van der Waals surface area contributed by atoms with Crippen molar-refractivity contribution in [2.45, 2.75) is 37.1 Å². The lowest BCUT2D eigenvalue weighted by Crippen LogP contribution is -2.31. The van der Waals surface area contributed by atoms with Crippen molar-refractivity contribution >= 4 is 21.4 Å². The van der Waals surface area contributed by atoms with Crippen LogP contribution < -0.4 is 4.72 Å². The number of aliphatic hydroxyl groups is 1. The van der Waals surface area contributed by atoms with E-state index >= 15 is 0 Å². The maximum atomic E-state index is 11.7. The summed E-state index contributed by atoms with van der Waals surface area (Å²) in [6.07, 6.45) is 0.747. The minimum Gasteiger partial charge on any atom is -0.391 e. The predicted molar refractivity (Wildman–Crippen MR) is 60.3 cm³/mol. The topological polar surface area (TPSA) is 66.4 Å². The molecule has 1 rings (SSSR count). The van der Waals surface area contributed by atoms with Crippen molar-refractivity contribution in [2.75, 3.05) is 0 Å². The number of rotatable bonds is 5. The molecule has 0 saturated heterocycles. The summed E-state index contributed by atoms with van der Waals surface area (Å²) in [5, 5.41) is 8.84. The molecule has 0 aromatic carbocycles. The van der Waals surface area contributed by atoms with E-state index in [4.69, 9.17) is 5.11 Å². The molecule has 0 spiro atoms. The molecule has 0 aliphatic carbocycles. The van der Waals surface area contributed by atoms with Gasteiger partial charge in [-0.15, -0.1) is 11.3 Å². The van der Waals surface area contributed by atoms with Crippen LogP contribution in [0.2, 0.25) is 0 Å². The molecular weight excluding hydrogens is 234 g/mol. The summed E-state index contributed by atoms with van der Waals surface area (Å²) in [4.78, 5) is 0.652. The van der Waals surface area contributed by atoms with Crippen LogP contribution in [0.4, 0.5) is 0 Å².